The van der Waals surface area contributed by atoms with Crippen LogP contribution >= 0.6 is 16.5 Å². The summed E-state index contributed by atoms with van der Waals surface area (Å²) < 4.78 is 28.4. The van der Waals surface area contributed by atoms with Crippen molar-refractivity contribution < 1.29 is 45.0 Å². The topological polar surface area (TPSA) is 98.7 Å². The van der Waals surface area contributed by atoms with Crippen LogP contribution in [0.25, 0.3) is 0 Å². The second kappa shape index (κ2) is 22.8. The van der Waals surface area contributed by atoms with Gasteiger partial charge in [-0.15, -0.1) is 9.05 Å². The number of hydrogen-bond donors (Lipinski definition) is 0. The van der Waals surface area contributed by atoms with E-state index in [4.69, 9.17) is 0 Å². The summed E-state index contributed by atoms with van der Waals surface area (Å²) in [4.78, 5) is 19.7. The van der Waals surface area contributed by atoms with Gasteiger partial charge in [0.1, 0.15) is 13.2 Å². The first kappa shape index (κ1) is 26.5. The number of unbranched alkanes of at least 4 members (excludes halogenated alkanes) is 6. The molecule has 0 spiro atoms. The Morgan fingerprint density at radius 1 is 0.714 bits per heavy atom. The van der Waals surface area contributed by atoms with Crippen molar-refractivity contribution in [1.29, 1.82) is 0 Å². The summed E-state index contributed by atoms with van der Waals surface area (Å²) in [5.41, 5.74) is 0. The van der Waals surface area contributed by atoms with E-state index in [0.717, 1.165) is 51.4 Å². The zero-order valence-electron chi connectivity index (χ0n) is 12.8. The van der Waals surface area contributed by atoms with Crippen molar-refractivity contribution in [3.8, 4) is 0 Å². The summed E-state index contributed by atoms with van der Waals surface area (Å²) in [6.07, 6.45) is 8.42. The maximum absolute atomic E-state index is 9.85. The second-order valence-corrected chi connectivity index (χ2v) is 5.65. The Hall–Kier alpha value is 0.559. The SMILES string of the molecule is CCCCCCO[P+](=O)[O-].CCCCCCO[P+](=O)[O-].[Fe+2]. The molecule has 0 radical (unpaired) electrons. The van der Waals surface area contributed by atoms with Crippen molar-refractivity contribution in [3.63, 3.8) is 0 Å². The van der Waals surface area contributed by atoms with E-state index in [2.05, 4.69) is 22.9 Å². The van der Waals surface area contributed by atoms with E-state index in [1.807, 2.05) is 0 Å². The molecule has 0 bridgehead atoms. The van der Waals surface area contributed by atoms with Crippen LogP contribution in [0.3, 0.4) is 0 Å². The molecule has 0 rings (SSSR count). The summed E-state index contributed by atoms with van der Waals surface area (Å²) in [7, 11) is -5.24. The average Bonchev–Trinajstić information content (AvgIpc) is 2.38. The fraction of sp³-hybridized carbons (Fsp3) is 1.00. The Morgan fingerprint density at radius 3 is 1.29 bits per heavy atom. The first-order valence-corrected chi connectivity index (χ1v) is 9.28. The molecule has 0 saturated heterocycles. The normalized spacial score (nSPS) is 11.0. The first-order chi connectivity index (χ1) is 9.54. The molecule has 6 nitrogen and oxygen atoms in total. The third-order valence-electron chi connectivity index (χ3n) is 2.39. The quantitative estimate of drug-likeness (QED) is 0.291. The van der Waals surface area contributed by atoms with Gasteiger partial charge < -0.3 is 9.79 Å². The largest absolute Gasteiger partial charge is 2.00 e. The first-order valence-electron chi connectivity index (χ1n) is 7.09. The van der Waals surface area contributed by atoms with Gasteiger partial charge in [-0.3, -0.25) is 0 Å². The molecular weight excluding hydrogens is 358 g/mol. The molecule has 0 aromatic heterocycles. The van der Waals surface area contributed by atoms with Gasteiger partial charge in [0.05, 0.1) is 0 Å². The van der Waals surface area contributed by atoms with Gasteiger partial charge in [-0.1, -0.05) is 52.4 Å². The summed E-state index contributed by atoms with van der Waals surface area (Å²) in [6, 6.07) is 0. The van der Waals surface area contributed by atoms with E-state index >= 15 is 0 Å². The van der Waals surface area contributed by atoms with Crippen LogP contribution in [0.15, 0.2) is 0 Å². The van der Waals surface area contributed by atoms with Crippen LogP contribution in [0.2, 0.25) is 0 Å². The van der Waals surface area contributed by atoms with Crippen LogP contribution in [0.1, 0.15) is 65.2 Å². The average molecular weight is 384 g/mol. The van der Waals surface area contributed by atoms with Gasteiger partial charge in [0, 0.05) is 0 Å². The third-order valence-corrected chi connectivity index (χ3v) is 3.18. The van der Waals surface area contributed by atoms with Crippen LogP contribution in [-0.4, -0.2) is 13.2 Å². The molecule has 0 aliphatic rings. The Balaban J connectivity index is -0.000000295. The molecule has 2 atom stereocenters. The van der Waals surface area contributed by atoms with Gasteiger partial charge in [0.15, 0.2) is 0 Å². The Morgan fingerprint density at radius 2 is 1.05 bits per heavy atom. The molecule has 0 N–H and O–H groups in total. The maximum Gasteiger partial charge on any atom is 2.00 e. The van der Waals surface area contributed by atoms with Gasteiger partial charge in [0.25, 0.3) is 0 Å². The molecule has 0 aliphatic carbocycles. The smallest absolute Gasteiger partial charge is 0.566 e. The van der Waals surface area contributed by atoms with Gasteiger partial charge in [-0.25, -0.2) is 0 Å². The third kappa shape index (κ3) is 33.4. The molecule has 21 heavy (non-hydrogen) atoms. The van der Waals surface area contributed by atoms with E-state index in [1.54, 1.807) is 0 Å². The molecule has 0 amide bonds. The van der Waals surface area contributed by atoms with Crippen LogP contribution in [0, 0.1) is 0 Å². The predicted octanol–water partition coefficient (Wildman–Crippen LogP) is 3.20. The molecule has 0 heterocycles. The van der Waals surface area contributed by atoms with Gasteiger partial charge >= 0.3 is 33.6 Å². The van der Waals surface area contributed by atoms with Gasteiger partial charge in [-0.05, 0) is 22.0 Å². The van der Waals surface area contributed by atoms with E-state index < -0.39 is 16.5 Å². The molecule has 0 aromatic rings. The predicted molar refractivity (Wildman–Crippen MR) is 75.4 cm³/mol. The number of rotatable bonds is 12. The van der Waals surface area contributed by atoms with Crippen molar-refractivity contribution >= 4 is 16.5 Å². The van der Waals surface area contributed by atoms with E-state index in [0.29, 0.717) is 13.2 Å². The number of hydrogen-bond acceptors (Lipinski definition) is 6. The van der Waals surface area contributed by atoms with Crippen molar-refractivity contribution in [1.82, 2.24) is 0 Å². The van der Waals surface area contributed by atoms with Crippen molar-refractivity contribution in [2.75, 3.05) is 13.2 Å². The second-order valence-electron chi connectivity index (χ2n) is 4.23. The summed E-state index contributed by atoms with van der Waals surface area (Å²) >= 11 is 0. The van der Waals surface area contributed by atoms with E-state index in [1.165, 1.54) is 0 Å². The molecule has 0 aromatic carbocycles. The minimum atomic E-state index is -2.62. The molecule has 0 saturated carbocycles. The molecule has 0 aliphatic heterocycles. The van der Waals surface area contributed by atoms with Crippen molar-refractivity contribution in [2.24, 2.45) is 0 Å². The molecule has 126 valence electrons. The maximum atomic E-state index is 9.85. The minimum Gasteiger partial charge on any atom is -0.566 e. The zero-order valence-corrected chi connectivity index (χ0v) is 15.7. The molecule has 0 fully saturated rings. The minimum absolute atomic E-state index is 0. The van der Waals surface area contributed by atoms with Crippen molar-refractivity contribution in [2.45, 2.75) is 65.2 Å². The summed E-state index contributed by atoms with van der Waals surface area (Å²) in [5, 5.41) is 0. The van der Waals surface area contributed by atoms with Gasteiger partial charge in [-0.2, -0.15) is 0 Å². The Kier molecular flexibility index (Phi) is 28.8. The van der Waals surface area contributed by atoms with Crippen LogP contribution < -0.4 is 9.79 Å². The molecular formula is C12H26FeO6P2+2. The zero-order chi connectivity index (χ0) is 15.6. The van der Waals surface area contributed by atoms with Crippen LogP contribution in [-0.2, 0) is 35.2 Å². The Labute approximate surface area is 140 Å². The standard InChI is InChI=1S/2C6H13O3P.Fe/c2*1-2-3-4-5-6-9-10(7)8;/h2*2-6H2,1H3;/q;;+2. The summed E-state index contributed by atoms with van der Waals surface area (Å²) in [5.74, 6) is 0. The van der Waals surface area contributed by atoms with Crippen molar-refractivity contribution in [3.05, 3.63) is 0 Å². The fourth-order valence-corrected chi connectivity index (χ4v) is 1.89. The molecule has 2 unspecified atom stereocenters. The van der Waals surface area contributed by atoms with Gasteiger partial charge in [0.2, 0.25) is 0 Å². The fourth-order valence-electron chi connectivity index (χ4n) is 1.34. The van der Waals surface area contributed by atoms with Crippen LogP contribution in [0.5, 0.6) is 0 Å². The van der Waals surface area contributed by atoms with Crippen LogP contribution in [0.4, 0.5) is 0 Å². The van der Waals surface area contributed by atoms with E-state index in [-0.39, 0.29) is 17.1 Å². The summed E-state index contributed by atoms with van der Waals surface area (Å²) in [6.45, 7) is 4.90. The Bertz CT molecular complexity index is 220. The monoisotopic (exact) mass is 384 g/mol. The van der Waals surface area contributed by atoms with E-state index in [9.17, 15) is 18.9 Å². The molecule has 9 heteroatoms.